The molecule has 0 aliphatic heterocycles. The Morgan fingerprint density at radius 2 is 0.872 bits per heavy atom. The van der Waals surface area contributed by atoms with Crippen LogP contribution in [0, 0.1) is 6.92 Å². The van der Waals surface area contributed by atoms with Crippen LogP contribution >= 0.6 is 0 Å². The van der Waals surface area contributed by atoms with Crippen LogP contribution in [0.3, 0.4) is 0 Å². The minimum absolute atomic E-state index is 0.141. The van der Waals surface area contributed by atoms with E-state index in [2.05, 4.69) is 9.93 Å². The van der Waals surface area contributed by atoms with Crippen LogP contribution in [0.4, 0.5) is 0 Å². The second-order valence-electron chi connectivity index (χ2n) is 9.33. The van der Waals surface area contributed by atoms with Gasteiger partial charge in [-0.25, -0.2) is 8.42 Å². The second-order valence-corrected chi connectivity index (χ2v) is 10.9. The number of carbonyl (C=O) groups is 1. The Balaban J connectivity index is 0.000000166. The third kappa shape index (κ3) is 4.45. The zero-order valence-electron chi connectivity index (χ0n) is 21.1. The Morgan fingerprint density at radius 3 is 1.31 bits per heavy atom. The number of sulfonamides is 1. The Kier molecular flexibility index (Phi) is 6.17. The van der Waals surface area contributed by atoms with Crippen molar-refractivity contribution < 1.29 is 13.2 Å². The number of nitrogens with zero attached hydrogens (tertiary/aromatic N) is 2. The van der Waals surface area contributed by atoms with E-state index in [0.717, 1.165) is 50.1 Å². The van der Waals surface area contributed by atoms with E-state index in [-0.39, 0.29) is 10.7 Å². The number of ketones is 1. The van der Waals surface area contributed by atoms with Crippen LogP contribution in [-0.4, -0.2) is 19.9 Å². The normalized spacial score (nSPS) is 12.4. The van der Waals surface area contributed by atoms with Crippen LogP contribution in [0.1, 0.15) is 32.6 Å². The first kappa shape index (κ1) is 24.5. The van der Waals surface area contributed by atoms with Crippen LogP contribution in [-0.2, 0) is 10.0 Å². The molecular formula is C33H23N2O3S-. The molecule has 0 amide bonds. The van der Waals surface area contributed by atoms with E-state index >= 15 is 0 Å². The van der Waals surface area contributed by atoms with Gasteiger partial charge < -0.3 is 9.93 Å². The highest BCUT2D eigenvalue weighted by atomic mass is 32.2. The van der Waals surface area contributed by atoms with Crippen molar-refractivity contribution in [2.45, 2.75) is 11.8 Å². The summed E-state index contributed by atoms with van der Waals surface area (Å²) in [5.74, 6) is 0.149. The van der Waals surface area contributed by atoms with Crippen molar-refractivity contribution in [3.05, 3.63) is 154 Å². The molecule has 39 heavy (non-hydrogen) atoms. The van der Waals surface area contributed by atoms with Crippen LogP contribution < -0.4 is 0 Å². The molecule has 0 N–H and O–H groups in total. The largest absolute Gasteiger partial charge is 0.490 e. The first-order chi connectivity index (χ1) is 18.9. The molecular weight excluding hydrogens is 504 g/mol. The number of rotatable bonds is 3. The van der Waals surface area contributed by atoms with Crippen molar-refractivity contribution >= 4 is 21.5 Å². The van der Waals surface area contributed by atoms with Gasteiger partial charge in [0.2, 0.25) is 0 Å². The maximum absolute atomic E-state index is 12.5. The smallest absolute Gasteiger partial charge is 0.194 e. The third-order valence-electron chi connectivity index (χ3n) is 6.86. The van der Waals surface area contributed by atoms with Gasteiger partial charge in [-0.15, -0.1) is 0 Å². The van der Waals surface area contributed by atoms with Gasteiger partial charge in [0.25, 0.3) is 0 Å². The summed E-state index contributed by atoms with van der Waals surface area (Å²) < 4.78 is 24.9. The molecule has 2 aliphatic rings. The Labute approximate surface area is 227 Å². The van der Waals surface area contributed by atoms with Gasteiger partial charge in [0.15, 0.2) is 5.78 Å². The number of hydrogen-bond donors (Lipinski definition) is 0. The van der Waals surface area contributed by atoms with Crippen molar-refractivity contribution in [3.8, 4) is 22.3 Å². The van der Waals surface area contributed by atoms with E-state index in [9.17, 15) is 13.2 Å². The molecule has 0 fully saturated rings. The molecule has 0 spiro atoms. The van der Waals surface area contributed by atoms with Crippen molar-refractivity contribution in [3.63, 3.8) is 0 Å². The molecule has 5 aromatic rings. The highest BCUT2D eigenvalue weighted by Gasteiger charge is 2.25. The summed E-state index contributed by atoms with van der Waals surface area (Å²) in [5, 5.41) is 4.13. The molecule has 0 bridgehead atoms. The Hall–Kier alpha value is -4.81. The maximum Gasteiger partial charge on any atom is 0.194 e. The monoisotopic (exact) mass is 527 g/mol. The SMILES string of the molecule is Cc1ccc(S(=O)(=O)[N-]N=C2c3ccccc3-c3ccccc32)cc1.O=C1c2ccccc2-c2ccccc21. The lowest BCUT2D eigenvalue weighted by Crippen LogP contribution is -2.02. The van der Waals surface area contributed by atoms with Crippen LogP contribution in [0.15, 0.2) is 131 Å². The fourth-order valence-corrected chi connectivity index (χ4v) is 5.69. The molecule has 5 nitrogen and oxygen atoms in total. The number of benzene rings is 5. The standard InChI is InChI=1S/C20H15N2O2S.C13H8O/c1-14-10-12-15(13-11-14)25(23,24)22-21-20-18-8-4-2-6-16(18)17-7-3-5-9-19(17)20;14-13-11-7-3-1-5-9(11)10-6-2-4-8-12(10)13/h2-13H,1H3;1-8H/q-1;. The quantitative estimate of drug-likeness (QED) is 0.225. The average molecular weight is 528 g/mol. The number of carbonyl (C=O) groups excluding carboxylic acids is 1. The molecule has 0 atom stereocenters. The van der Waals surface area contributed by atoms with E-state index in [1.54, 1.807) is 24.3 Å². The molecule has 5 aromatic carbocycles. The van der Waals surface area contributed by atoms with Crippen molar-refractivity contribution in [2.24, 2.45) is 5.10 Å². The summed E-state index contributed by atoms with van der Waals surface area (Å²) in [4.78, 5) is 15.7. The Morgan fingerprint density at radius 1 is 0.513 bits per heavy atom. The average Bonchev–Trinajstić information content (AvgIpc) is 3.45. The summed E-state index contributed by atoms with van der Waals surface area (Å²) in [6.45, 7) is 1.90. The fourth-order valence-electron chi connectivity index (χ4n) is 4.93. The molecule has 7 rings (SSSR count). The number of hydrogen-bond acceptors (Lipinski definition) is 4. The van der Waals surface area contributed by atoms with Crippen molar-refractivity contribution in [1.29, 1.82) is 0 Å². The summed E-state index contributed by atoms with van der Waals surface area (Å²) in [7, 11) is -3.83. The number of aryl methyl sites for hydroxylation is 1. The van der Waals surface area contributed by atoms with Gasteiger partial charge in [-0.05, 0) is 41.3 Å². The van der Waals surface area contributed by atoms with E-state index < -0.39 is 10.0 Å². The summed E-state index contributed by atoms with van der Waals surface area (Å²) in [6, 6.07) is 37.7. The Bertz CT molecular complexity index is 1780. The molecule has 2 aliphatic carbocycles. The first-order valence-corrected chi connectivity index (χ1v) is 13.9. The number of fused-ring (bicyclic) bond motifs is 6. The molecule has 0 heterocycles. The van der Waals surface area contributed by atoms with E-state index in [4.69, 9.17) is 0 Å². The van der Waals surface area contributed by atoms with Gasteiger partial charge in [-0.3, -0.25) is 4.79 Å². The zero-order chi connectivity index (χ0) is 27.0. The van der Waals surface area contributed by atoms with Crippen molar-refractivity contribution in [1.82, 2.24) is 0 Å². The minimum Gasteiger partial charge on any atom is -0.490 e. The summed E-state index contributed by atoms with van der Waals surface area (Å²) >= 11 is 0. The van der Waals surface area contributed by atoms with Gasteiger partial charge in [-0.2, -0.15) is 0 Å². The van der Waals surface area contributed by atoms with Crippen molar-refractivity contribution in [2.75, 3.05) is 0 Å². The molecule has 0 radical (unpaired) electrons. The van der Waals surface area contributed by atoms with Crippen LogP contribution in [0.25, 0.3) is 27.1 Å². The molecule has 0 saturated heterocycles. The predicted octanol–water partition coefficient (Wildman–Crippen LogP) is 7.39. The molecule has 0 aromatic heterocycles. The summed E-state index contributed by atoms with van der Waals surface area (Å²) in [5.41, 5.74) is 9.23. The van der Waals surface area contributed by atoms with Crippen LogP contribution in [0.2, 0.25) is 0 Å². The van der Waals surface area contributed by atoms with Gasteiger partial charge in [-0.1, -0.05) is 115 Å². The molecule has 0 saturated carbocycles. The van der Waals surface area contributed by atoms with Crippen LogP contribution in [0.5, 0.6) is 0 Å². The lowest BCUT2D eigenvalue weighted by atomic mass is 10.1. The second kappa shape index (κ2) is 9.82. The fraction of sp³-hybridized carbons (Fsp3) is 0.0303. The molecule has 190 valence electrons. The summed E-state index contributed by atoms with van der Waals surface area (Å²) in [6.07, 6.45) is 0. The lowest BCUT2D eigenvalue weighted by molar-refractivity contribution is 0.104. The van der Waals surface area contributed by atoms with Gasteiger partial charge >= 0.3 is 0 Å². The molecule has 0 unspecified atom stereocenters. The van der Waals surface area contributed by atoms with E-state index in [1.165, 1.54) is 0 Å². The van der Waals surface area contributed by atoms with Gasteiger partial charge in [0.1, 0.15) is 10.0 Å². The maximum atomic E-state index is 12.5. The third-order valence-corrected chi connectivity index (χ3v) is 8.02. The lowest BCUT2D eigenvalue weighted by Gasteiger charge is -2.18. The molecule has 6 heteroatoms. The van der Waals surface area contributed by atoms with E-state index in [0.29, 0.717) is 5.71 Å². The van der Waals surface area contributed by atoms with E-state index in [1.807, 2.05) is 104 Å². The topological polar surface area (TPSA) is 77.7 Å². The predicted molar refractivity (Wildman–Crippen MR) is 155 cm³/mol. The minimum atomic E-state index is -3.83. The van der Waals surface area contributed by atoms with Gasteiger partial charge in [0.05, 0.1) is 10.6 Å². The zero-order valence-corrected chi connectivity index (χ0v) is 21.9. The highest BCUT2D eigenvalue weighted by molar-refractivity contribution is 7.94. The van der Waals surface area contributed by atoms with Gasteiger partial charge in [0, 0.05) is 22.3 Å². The highest BCUT2D eigenvalue weighted by Crippen LogP contribution is 2.38. The first-order valence-electron chi connectivity index (χ1n) is 12.5.